The lowest BCUT2D eigenvalue weighted by atomic mass is 9.89. The van der Waals surface area contributed by atoms with Gasteiger partial charge in [-0.15, -0.1) is 12.4 Å². The van der Waals surface area contributed by atoms with Crippen LogP contribution in [0, 0.1) is 19.8 Å². The van der Waals surface area contributed by atoms with Gasteiger partial charge in [0.2, 0.25) is 10.0 Å². The molecule has 2 atom stereocenters. The molecule has 5 nitrogen and oxygen atoms in total. The summed E-state index contributed by atoms with van der Waals surface area (Å²) < 4.78 is 32.8. The van der Waals surface area contributed by atoms with E-state index in [0.717, 1.165) is 5.56 Å². The molecule has 0 unspecified atom stereocenters. The fourth-order valence-corrected chi connectivity index (χ4v) is 5.09. The second-order valence-electron chi connectivity index (χ2n) is 6.11. The van der Waals surface area contributed by atoms with Crippen molar-refractivity contribution in [1.29, 1.82) is 0 Å². The Kier molecular flexibility index (Phi) is 5.75. The number of aryl methyl sites for hydroxylation is 2. The van der Waals surface area contributed by atoms with Crippen LogP contribution in [0.5, 0.6) is 0 Å². The first-order valence-electron chi connectivity index (χ1n) is 7.75. The quantitative estimate of drug-likeness (QED) is 0.897. The second kappa shape index (κ2) is 7.27. The summed E-state index contributed by atoms with van der Waals surface area (Å²) in [6.45, 7) is 4.81. The van der Waals surface area contributed by atoms with E-state index < -0.39 is 10.0 Å². The molecule has 2 heterocycles. The molecule has 2 N–H and O–H groups in total. The molecule has 1 aromatic heterocycles. The number of rotatable bonds is 4. The molecule has 0 spiro atoms. The van der Waals surface area contributed by atoms with Crippen LogP contribution in [0.4, 0.5) is 0 Å². The average molecular weight is 371 g/mol. The van der Waals surface area contributed by atoms with Gasteiger partial charge in [-0.2, -0.15) is 4.31 Å². The average Bonchev–Trinajstić information content (AvgIpc) is 3.12. The number of nitrogens with zero attached hydrogens (tertiary/aromatic N) is 1. The van der Waals surface area contributed by atoms with Gasteiger partial charge in [-0.05, 0) is 37.9 Å². The monoisotopic (exact) mass is 370 g/mol. The first-order valence-corrected chi connectivity index (χ1v) is 9.19. The molecule has 7 heteroatoms. The minimum absolute atomic E-state index is 0. The van der Waals surface area contributed by atoms with Gasteiger partial charge < -0.3 is 10.2 Å². The van der Waals surface area contributed by atoms with Crippen molar-refractivity contribution in [2.45, 2.75) is 24.7 Å². The van der Waals surface area contributed by atoms with Crippen LogP contribution in [-0.2, 0) is 10.0 Å². The lowest BCUT2D eigenvalue weighted by molar-refractivity contribution is 0.453. The molecule has 1 saturated heterocycles. The summed E-state index contributed by atoms with van der Waals surface area (Å²) >= 11 is 0. The molecule has 0 aliphatic carbocycles. The number of furan rings is 1. The third-order valence-corrected chi connectivity index (χ3v) is 6.49. The van der Waals surface area contributed by atoms with Crippen molar-refractivity contribution >= 4 is 22.4 Å². The highest BCUT2D eigenvalue weighted by Crippen LogP contribution is 2.36. The van der Waals surface area contributed by atoms with Gasteiger partial charge in [0.1, 0.15) is 16.4 Å². The van der Waals surface area contributed by atoms with Crippen LogP contribution >= 0.6 is 12.4 Å². The minimum Gasteiger partial charge on any atom is -0.465 e. The van der Waals surface area contributed by atoms with E-state index in [1.54, 1.807) is 24.2 Å². The summed E-state index contributed by atoms with van der Waals surface area (Å²) in [5, 5.41) is 0. The maximum Gasteiger partial charge on any atom is 0.246 e. The van der Waals surface area contributed by atoms with Crippen molar-refractivity contribution in [2.24, 2.45) is 11.7 Å². The molecule has 2 aromatic rings. The first-order chi connectivity index (χ1) is 10.9. The standard InChI is InChI=1S/C17H22N2O3S.ClH/c1-12-8-17(13(2)22-12)23(20,21)19-10-15(9-18)16(11-19)14-6-4-3-5-7-14;/h3-8,15-16H,9-11,18H2,1-2H3;1H/t15-,16+;/m1./s1. The Morgan fingerprint density at radius 3 is 2.42 bits per heavy atom. The van der Waals surface area contributed by atoms with E-state index in [2.05, 4.69) is 0 Å². The van der Waals surface area contributed by atoms with Crippen molar-refractivity contribution in [3.8, 4) is 0 Å². The number of sulfonamides is 1. The molecule has 0 radical (unpaired) electrons. The van der Waals surface area contributed by atoms with E-state index in [1.807, 2.05) is 30.3 Å². The molecule has 1 aromatic carbocycles. The molecular formula is C17H23ClN2O3S. The maximum atomic E-state index is 12.9. The SMILES string of the molecule is Cc1cc(S(=O)(=O)N2C[C@@H](CN)[C@H](c3ccccc3)C2)c(C)o1.Cl. The number of hydrogen-bond acceptors (Lipinski definition) is 4. The number of benzene rings is 1. The summed E-state index contributed by atoms with van der Waals surface area (Å²) in [4.78, 5) is 0.263. The van der Waals surface area contributed by atoms with Gasteiger partial charge in [-0.25, -0.2) is 8.42 Å². The van der Waals surface area contributed by atoms with Gasteiger partial charge in [-0.1, -0.05) is 30.3 Å². The zero-order valence-corrected chi connectivity index (χ0v) is 15.4. The fraction of sp³-hybridized carbons (Fsp3) is 0.412. The summed E-state index contributed by atoms with van der Waals surface area (Å²) in [6.07, 6.45) is 0. The van der Waals surface area contributed by atoms with Crippen molar-refractivity contribution in [3.05, 3.63) is 53.5 Å². The van der Waals surface area contributed by atoms with Gasteiger partial charge in [0.05, 0.1) is 0 Å². The van der Waals surface area contributed by atoms with Crippen LogP contribution in [0.25, 0.3) is 0 Å². The Morgan fingerprint density at radius 1 is 1.21 bits per heavy atom. The van der Waals surface area contributed by atoms with Crippen molar-refractivity contribution in [2.75, 3.05) is 19.6 Å². The van der Waals surface area contributed by atoms with Crippen molar-refractivity contribution < 1.29 is 12.8 Å². The van der Waals surface area contributed by atoms with E-state index in [0.29, 0.717) is 31.2 Å². The lowest BCUT2D eigenvalue weighted by Gasteiger charge is -2.16. The van der Waals surface area contributed by atoms with Gasteiger partial charge in [0, 0.05) is 19.0 Å². The molecule has 1 aliphatic heterocycles. The van der Waals surface area contributed by atoms with Crippen LogP contribution in [0.1, 0.15) is 23.0 Å². The predicted octanol–water partition coefficient (Wildman–Crippen LogP) is 2.68. The highest BCUT2D eigenvalue weighted by molar-refractivity contribution is 7.89. The summed E-state index contributed by atoms with van der Waals surface area (Å²) in [5.74, 6) is 1.30. The predicted molar refractivity (Wildman–Crippen MR) is 95.9 cm³/mol. The highest BCUT2D eigenvalue weighted by atomic mass is 35.5. The molecule has 132 valence electrons. The van der Waals surface area contributed by atoms with E-state index in [1.165, 1.54) is 0 Å². The minimum atomic E-state index is -3.55. The van der Waals surface area contributed by atoms with Crippen LogP contribution < -0.4 is 5.73 Å². The van der Waals surface area contributed by atoms with E-state index in [4.69, 9.17) is 10.2 Å². The van der Waals surface area contributed by atoms with Gasteiger partial charge in [-0.3, -0.25) is 0 Å². The molecule has 0 amide bonds. The van der Waals surface area contributed by atoms with E-state index in [-0.39, 0.29) is 29.1 Å². The molecule has 1 fully saturated rings. The molecule has 0 bridgehead atoms. The normalized spacial score (nSPS) is 21.6. The molecule has 24 heavy (non-hydrogen) atoms. The van der Waals surface area contributed by atoms with Gasteiger partial charge in [0.15, 0.2) is 0 Å². The number of hydrogen-bond donors (Lipinski definition) is 1. The summed E-state index contributed by atoms with van der Waals surface area (Å²) in [6, 6.07) is 11.6. The Hall–Kier alpha value is -1.34. The Bertz CT molecular complexity index is 789. The molecule has 3 rings (SSSR count). The Morgan fingerprint density at radius 2 is 1.88 bits per heavy atom. The third-order valence-electron chi connectivity index (χ3n) is 4.55. The molecule has 0 saturated carbocycles. The topological polar surface area (TPSA) is 76.5 Å². The van der Waals surface area contributed by atoms with E-state index >= 15 is 0 Å². The van der Waals surface area contributed by atoms with Crippen molar-refractivity contribution in [3.63, 3.8) is 0 Å². The third kappa shape index (κ3) is 3.37. The van der Waals surface area contributed by atoms with Crippen LogP contribution in [0.2, 0.25) is 0 Å². The van der Waals surface area contributed by atoms with E-state index in [9.17, 15) is 8.42 Å². The summed E-state index contributed by atoms with van der Waals surface area (Å²) in [7, 11) is -3.55. The molecule has 1 aliphatic rings. The molecular weight excluding hydrogens is 348 g/mol. The fourth-order valence-electron chi connectivity index (χ4n) is 3.35. The smallest absolute Gasteiger partial charge is 0.246 e. The van der Waals surface area contributed by atoms with Gasteiger partial charge in [0.25, 0.3) is 0 Å². The maximum absolute atomic E-state index is 12.9. The van der Waals surface area contributed by atoms with Crippen LogP contribution in [0.15, 0.2) is 45.7 Å². The van der Waals surface area contributed by atoms with Crippen LogP contribution in [-0.4, -0.2) is 32.4 Å². The van der Waals surface area contributed by atoms with Crippen molar-refractivity contribution in [1.82, 2.24) is 4.31 Å². The largest absolute Gasteiger partial charge is 0.465 e. The lowest BCUT2D eigenvalue weighted by Crippen LogP contribution is -2.30. The zero-order valence-electron chi connectivity index (χ0n) is 13.8. The van der Waals surface area contributed by atoms with Crippen LogP contribution in [0.3, 0.4) is 0 Å². The number of nitrogens with two attached hydrogens (primary N) is 1. The zero-order chi connectivity index (χ0) is 16.6. The Labute approximate surface area is 149 Å². The second-order valence-corrected chi connectivity index (χ2v) is 8.02. The highest BCUT2D eigenvalue weighted by Gasteiger charge is 2.40. The Balaban J connectivity index is 0.00000208. The summed E-state index contributed by atoms with van der Waals surface area (Å²) in [5.41, 5.74) is 7.04. The number of halogens is 1. The van der Waals surface area contributed by atoms with Gasteiger partial charge >= 0.3 is 0 Å². The first kappa shape index (κ1) is 19.0.